The van der Waals surface area contributed by atoms with E-state index in [-0.39, 0.29) is 5.41 Å². The van der Waals surface area contributed by atoms with Gasteiger partial charge in [0.1, 0.15) is 0 Å². The first kappa shape index (κ1) is 12.6. The van der Waals surface area contributed by atoms with Gasteiger partial charge in [0.15, 0.2) is 0 Å². The first-order valence-corrected chi connectivity index (χ1v) is 6.04. The Kier molecular flexibility index (Phi) is 3.83. The van der Waals surface area contributed by atoms with Crippen LogP contribution in [0.3, 0.4) is 0 Å². The summed E-state index contributed by atoms with van der Waals surface area (Å²) in [6.07, 6.45) is 1.13. The predicted molar refractivity (Wildman–Crippen MR) is 68.9 cm³/mol. The zero-order valence-electron chi connectivity index (χ0n) is 10.4. The van der Waals surface area contributed by atoms with Gasteiger partial charge in [-0.1, -0.05) is 58.4 Å². The highest BCUT2D eigenvalue weighted by Crippen LogP contribution is 2.36. The van der Waals surface area contributed by atoms with Crippen molar-refractivity contribution in [2.75, 3.05) is 0 Å². The number of hydrogen-bond acceptors (Lipinski definition) is 0. The average molecular weight is 225 g/mol. The van der Waals surface area contributed by atoms with E-state index >= 15 is 0 Å². The summed E-state index contributed by atoms with van der Waals surface area (Å²) in [5.41, 5.74) is 2.88. The van der Waals surface area contributed by atoms with Gasteiger partial charge in [0, 0.05) is 5.02 Å². The molecule has 0 heterocycles. The third-order valence-corrected chi connectivity index (χ3v) is 3.30. The van der Waals surface area contributed by atoms with Crippen molar-refractivity contribution in [3.8, 4) is 0 Å². The second kappa shape index (κ2) is 4.57. The molecule has 0 amide bonds. The summed E-state index contributed by atoms with van der Waals surface area (Å²) < 4.78 is 0. The minimum atomic E-state index is 0.170. The molecule has 0 saturated heterocycles. The van der Waals surface area contributed by atoms with Crippen molar-refractivity contribution in [1.29, 1.82) is 0 Å². The summed E-state index contributed by atoms with van der Waals surface area (Å²) in [7, 11) is 0. The van der Waals surface area contributed by atoms with Crippen molar-refractivity contribution in [3.05, 3.63) is 34.3 Å². The highest BCUT2D eigenvalue weighted by Gasteiger charge is 2.21. The fraction of sp³-hybridized carbons (Fsp3) is 0.571. The lowest BCUT2D eigenvalue weighted by atomic mass is 9.80. The van der Waals surface area contributed by atoms with Crippen LogP contribution in [0, 0.1) is 0 Å². The van der Waals surface area contributed by atoms with E-state index in [0.29, 0.717) is 5.92 Å². The van der Waals surface area contributed by atoms with Gasteiger partial charge in [0.2, 0.25) is 0 Å². The third kappa shape index (κ3) is 2.75. The maximum atomic E-state index is 6.31. The monoisotopic (exact) mass is 224 g/mol. The lowest BCUT2D eigenvalue weighted by Gasteiger charge is -2.26. The van der Waals surface area contributed by atoms with Crippen molar-refractivity contribution in [1.82, 2.24) is 0 Å². The Labute approximate surface area is 98.7 Å². The van der Waals surface area contributed by atoms with E-state index in [2.05, 4.69) is 46.8 Å². The number of rotatable bonds is 2. The van der Waals surface area contributed by atoms with E-state index in [0.717, 1.165) is 11.4 Å². The second-order valence-electron chi connectivity index (χ2n) is 5.26. The zero-order chi connectivity index (χ0) is 11.6. The zero-order valence-corrected chi connectivity index (χ0v) is 11.2. The Balaban J connectivity index is 3.33. The molecule has 0 spiro atoms. The molecule has 0 radical (unpaired) electrons. The molecule has 0 N–H and O–H groups in total. The van der Waals surface area contributed by atoms with Gasteiger partial charge in [-0.25, -0.2) is 0 Å². The van der Waals surface area contributed by atoms with Crippen molar-refractivity contribution in [2.45, 2.75) is 52.4 Å². The SMILES string of the molecule is CCC(C)c1c(Cl)cccc1C(C)(C)C. The molecule has 0 saturated carbocycles. The molecule has 1 heteroatoms. The largest absolute Gasteiger partial charge is 0.0840 e. The smallest absolute Gasteiger partial charge is 0.0443 e. The Morgan fingerprint density at radius 2 is 1.87 bits per heavy atom. The molecule has 0 aliphatic rings. The molecule has 0 aliphatic heterocycles. The van der Waals surface area contributed by atoms with Crippen molar-refractivity contribution in [2.24, 2.45) is 0 Å². The molecule has 1 unspecified atom stereocenters. The first-order valence-electron chi connectivity index (χ1n) is 5.66. The molecule has 15 heavy (non-hydrogen) atoms. The first-order chi connectivity index (χ1) is 6.88. The molecule has 0 nitrogen and oxygen atoms in total. The fourth-order valence-corrected chi connectivity index (χ4v) is 2.26. The van der Waals surface area contributed by atoms with Crippen molar-refractivity contribution >= 4 is 11.6 Å². The minimum absolute atomic E-state index is 0.170. The molecule has 1 atom stereocenters. The van der Waals surface area contributed by atoms with Gasteiger partial charge in [-0.15, -0.1) is 0 Å². The normalized spacial score (nSPS) is 14.0. The second-order valence-corrected chi connectivity index (χ2v) is 5.67. The lowest BCUT2D eigenvalue weighted by Crippen LogP contribution is -2.15. The quantitative estimate of drug-likeness (QED) is 0.652. The molecule has 0 aromatic heterocycles. The number of hydrogen-bond donors (Lipinski definition) is 0. The van der Waals surface area contributed by atoms with Gasteiger partial charge >= 0.3 is 0 Å². The van der Waals surface area contributed by atoms with E-state index in [1.807, 2.05) is 6.07 Å². The maximum absolute atomic E-state index is 6.31. The van der Waals surface area contributed by atoms with E-state index in [4.69, 9.17) is 11.6 Å². The maximum Gasteiger partial charge on any atom is 0.0443 e. The van der Waals surface area contributed by atoms with Crippen LogP contribution >= 0.6 is 11.6 Å². The van der Waals surface area contributed by atoms with Crippen LogP contribution in [0.1, 0.15) is 58.1 Å². The highest BCUT2D eigenvalue weighted by molar-refractivity contribution is 6.31. The van der Waals surface area contributed by atoms with E-state index in [1.54, 1.807) is 0 Å². The summed E-state index contributed by atoms with van der Waals surface area (Å²) in [5, 5.41) is 0.914. The Morgan fingerprint density at radius 3 is 2.33 bits per heavy atom. The van der Waals surface area contributed by atoms with E-state index < -0.39 is 0 Å². The van der Waals surface area contributed by atoms with E-state index in [1.165, 1.54) is 11.1 Å². The molecule has 1 aromatic rings. The third-order valence-electron chi connectivity index (χ3n) is 2.97. The van der Waals surface area contributed by atoms with Gasteiger partial charge in [-0.3, -0.25) is 0 Å². The molecule has 0 aliphatic carbocycles. The number of benzene rings is 1. The predicted octanol–water partition coefficient (Wildman–Crippen LogP) is 5.15. The van der Waals surface area contributed by atoms with Gasteiger partial charge < -0.3 is 0 Å². The average Bonchev–Trinajstić information content (AvgIpc) is 2.15. The lowest BCUT2D eigenvalue weighted by molar-refractivity contribution is 0.570. The molecule has 1 rings (SSSR count). The Hall–Kier alpha value is -0.490. The highest BCUT2D eigenvalue weighted by atomic mass is 35.5. The van der Waals surface area contributed by atoms with Crippen LogP contribution in [0.4, 0.5) is 0 Å². The molecular weight excluding hydrogens is 204 g/mol. The summed E-state index contributed by atoms with van der Waals surface area (Å²) >= 11 is 6.31. The summed E-state index contributed by atoms with van der Waals surface area (Å²) in [5.74, 6) is 0.535. The van der Waals surface area contributed by atoms with Gasteiger partial charge in [0.05, 0.1) is 0 Å². The molecule has 84 valence electrons. The van der Waals surface area contributed by atoms with Crippen LogP contribution in [0.5, 0.6) is 0 Å². The molecule has 0 fully saturated rings. The standard InChI is InChI=1S/C14H21Cl/c1-6-10(2)13-11(14(3,4)5)8-7-9-12(13)15/h7-10H,6H2,1-5H3. The topological polar surface area (TPSA) is 0 Å². The summed E-state index contributed by atoms with van der Waals surface area (Å²) in [4.78, 5) is 0. The van der Waals surface area contributed by atoms with Gasteiger partial charge in [-0.2, -0.15) is 0 Å². The molecule has 1 aromatic carbocycles. The van der Waals surface area contributed by atoms with Crippen LogP contribution in [0.2, 0.25) is 5.02 Å². The molecular formula is C14H21Cl. The number of halogens is 1. The Bertz CT molecular complexity index is 334. The van der Waals surface area contributed by atoms with Gasteiger partial charge in [-0.05, 0) is 34.9 Å². The van der Waals surface area contributed by atoms with Crippen molar-refractivity contribution in [3.63, 3.8) is 0 Å². The van der Waals surface area contributed by atoms with Crippen LogP contribution in [0.25, 0.3) is 0 Å². The molecule has 0 bridgehead atoms. The summed E-state index contributed by atoms with van der Waals surface area (Å²) in [6, 6.07) is 6.25. The van der Waals surface area contributed by atoms with Crippen molar-refractivity contribution < 1.29 is 0 Å². The van der Waals surface area contributed by atoms with E-state index in [9.17, 15) is 0 Å². The fourth-order valence-electron chi connectivity index (χ4n) is 1.90. The minimum Gasteiger partial charge on any atom is -0.0840 e. The van der Waals surface area contributed by atoms with Crippen LogP contribution < -0.4 is 0 Å². The Morgan fingerprint density at radius 1 is 1.27 bits per heavy atom. The van der Waals surface area contributed by atoms with Crippen LogP contribution in [-0.2, 0) is 5.41 Å². The van der Waals surface area contributed by atoms with Gasteiger partial charge in [0.25, 0.3) is 0 Å². The van der Waals surface area contributed by atoms with Crippen LogP contribution in [-0.4, -0.2) is 0 Å². The van der Waals surface area contributed by atoms with Crippen LogP contribution in [0.15, 0.2) is 18.2 Å². The summed E-state index contributed by atoms with van der Waals surface area (Å²) in [6.45, 7) is 11.2.